The van der Waals surface area contributed by atoms with Crippen molar-refractivity contribution in [2.45, 2.75) is 19.8 Å². The average Bonchev–Trinajstić information content (AvgIpc) is 3.59. The topological polar surface area (TPSA) is 4.93 Å². The van der Waals surface area contributed by atoms with Crippen LogP contribution >= 0.6 is 11.3 Å². The zero-order valence-electron chi connectivity index (χ0n) is 24.2. The quantitative estimate of drug-likeness (QED) is 0.176. The summed E-state index contributed by atoms with van der Waals surface area (Å²) in [6.45, 7) is 11.0. The number of hydrogen-bond donors (Lipinski definition) is 0. The molecule has 2 heterocycles. The smallest absolute Gasteiger partial charge is 0.0544 e. The Morgan fingerprint density at radius 1 is 0.581 bits per heavy atom. The van der Waals surface area contributed by atoms with Gasteiger partial charge in [-0.15, -0.1) is 11.3 Å². The first-order valence-corrected chi connectivity index (χ1v) is 15.7. The lowest BCUT2D eigenvalue weighted by Gasteiger charge is -2.13. The summed E-state index contributed by atoms with van der Waals surface area (Å²) in [5, 5.41) is 7.74. The van der Waals surface area contributed by atoms with Gasteiger partial charge >= 0.3 is 0 Å². The van der Waals surface area contributed by atoms with E-state index in [0.717, 1.165) is 18.5 Å². The van der Waals surface area contributed by atoms with Crippen LogP contribution in [0, 0.1) is 0 Å². The Balaban J connectivity index is 1.29. The normalized spacial score (nSPS) is 11.7. The van der Waals surface area contributed by atoms with Gasteiger partial charge in [0.15, 0.2) is 0 Å². The molecular formula is C41H31NS. The first-order valence-electron chi connectivity index (χ1n) is 14.9. The second-order valence-electron chi connectivity index (χ2n) is 11.5. The predicted octanol–water partition coefficient (Wildman–Crippen LogP) is 12.5. The zero-order valence-corrected chi connectivity index (χ0v) is 25.0. The second-order valence-corrected chi connectivity index (χ2v) is 12.6. The van der Waals surface area contributed by atoms with Gasteiger partial charge in [0, 0.05) is 43.1 Å². The fourth-order valence-electron chi connectivity index (χ4n) is 6.58. The van der Waals surface area contributed by atoms with Crippen LogP contribution in [-0.4, -0.2) is 4.57 Å². The maximum Gasteiger partial charge on any atom is 0.0544 e. The summed E-state index contributed by atoms with van der Waals surface area (Å²) >= 11 is 1.87. The van der Waals surface area contributed by atoms with Crippen molar-refractivity contribution in [1.29, 1.82) is 0 Å². The fourth-order valence-corrected chi connectivity index (χ4v) is 7.73. The molecule has 0 atom stereocenters. The minimum Gasteiger partial charge on any atom is -0.313 e. The highest BCUT2D eigenvalue weighted by Gasteiger charge is 2.17. The van der Waals surface area contributed by atoms with E-state index < -0.39 is 0 Å². The number of aromatic nitrogens is 1. The van der Waals surface area contributed by atoms with E-state index in [2.05, 4.69) is 146 Å². The maximum absolute atomic E-state index is 4.57. The van der Waals surface area contributed by atoms with Crippen molar-refractivity contribution in [3.63, 3.8) is 0 Å². The van der Waals surface area contributed by atoms with Crippen LogP contribution in [-0.2, 0) is 0 Å². The van der Waals surface area contributed by atoms with Gasteiger partial charge in [0.25, 0.3) is 0 Å². The Morgan fingerprint density at radius 2 is 1.26 bits per heavy atom. The molecule has 0 unspecified atom stereocenters. The van der Waals surface area contributed by atoms with Crippen LogP contribution in [0.2, 0.25) is 0 Å². The van der Waals surface area contributed by atoms with Crippen molar-refractivity contribution in [3.8, 4) is 22.3 Å². The molecular weight excluding hydrogens is 539 g/mol. The molecule has 0 aliphatic heterocycles. The number of benzene rings is 6. The van der Waals surface area contributed by atoms with Crippen molar-refractivity contribution >= 4 is 69.8 Å². The molecule has 0 aliphatic rings. The summed E-state index contributed by atoms with van der Waals surface area (Å²) in [7, 11) is 0. The minimum atomic E-state index is 0.780. The first kappa shape index (κ1) is 25.8. The highest BCUT2D eigenvalue weighted by Crippen LogP contribution is 2.40. The summed E-state index contributed by atoms with van der Waals surface area (Å²) in [6.07, 6.45) is 1.73. The summed E-state index contributed by atoms with van der Waals surface area (Å²) in [4.78, 5) is 0. The molecule has 0 fully saturated rings. The van der Waals surface area contributed by atoms with Crippen LogP contribution in [0.3, 0.4) is 0 Å². The van der Waals surface area contributed by atoms with E-state index in [0.29, 0.717) is 0 Å². The number of thiophene rings is 1. The SMILES string of the molecule is C=C(CC)CC(=C)n1c2cc(-c3cccc(-c4ccc5c(c4)sc4ccccc45)c3)ccc2c2c3ccccc3ccc21. The summed E-state index contributed by atoms with van der Waals surface area (Å²) in [5.41, 5.74) is 9.53. The first-order chi connectivity index (χ1) is 21.1. The van der Waals surface area contributed by atoms with Gasteiger partial charge < -0.3 is 4.57 Å². The molecule has 2 aromatic heterocycles. The third-order valence-electron chi connectivity index (χ3n) is 8.83. The Morgan fingerprint density at radius 3 is 2.07 bits per heavy atom. The minimum absolute atomic E-state index is 0.780. The van der Waals surface area contributed by atoms with Gasteiger partial charge in [-0.3, -0.25) is 0 Å². The van der Waals surface area contributed by atoms with E-state index in [1.165, 1.54) is 80.6 Å². The van der Waals surface area contributed by atoms with Crippen LogP contribution in [0.15, 0.2) is 140 Å². The summed E-state index contributed by atoms with van der Waals surface area (Å²) in [5.74, 6) is 0. The molecule has 43 heavy (non-hydrogen) atoms. The van der Waals surface area contributed by atoms with E-state index >= 15 is 0 Å². The zero-order chi connectivity index (χ0) is 29.1. The number of fused-ring (bicyclic) bond motifs is 8. The lowest BCUT2D eigenvalue weighted by molar-refractivity contribution is 1.01. The van der Waals surface area contributed by atoms with Gasteiger partial charge in [-0.1, -0.05) is 117 Å². The van der Waals surface area contributed by atoms with Gasteiger partial charge in [0.05, 0.1) is 11.0 Å². The van der Waals surface area contributed by atoms with Crippen LogP contribution in [0.4, 0.5) is 0 Å². The van der Waals surface area contributed by atoms with Crippen LogP contribution in [0.1, 0.15) is 19.8 Å². The van der Waals surface area contributed by atoms with Gasteiger partial charge in [0.1, 0.15) is 0 Å². The molecule has 8 aromatic rings. The fraction of sp³-hybridized carbons (Fsp3) is 0.0732. The molecule has 6 aromatic carbocycles. The van der Waals surface area contributed by atoms with E-state index in [-0.39, 0.29) is 0 Å². The number of hydrogen-bond acceptors (Lipinski definition) is 1. The lowest BCUT2D eigenvalue weighted by atomic mass is 9.97. The van der Waals surface area contributed by atoms with E-state index in [4.69, 9.17) is 0 Å². The van der Waals surface area contributed by atoms with Crippen molar-refractivity contribution < 1.29 is 0 Å². The standard InChI is InChI=1S/C41H31NS/c1-4-26(2)22-27(3)42-37-21-18-28-10-5-6-13-33(28)41(37)36-20-17-31(24-38(36)42)29-11-9-12-30(23-29)32-16-19-35-34-14-7-8-15-39(34)43-40(35)25-32/h5-21,23-25H,2-4,22H2,1H3. The average molecular weight is 570 g/mol. The van der Waals surface area contributed by atoms with E-state index in [1.807, 2.05) is 11.3 Å². The van der Waals surface area contributed by atoms with Crippen molar-refractivity contribution in [2.24, 2.45) is 0 Å². The molecule has 2 heteroatoms. The predicted molar refractivity (Wildman–Crippen MR) is 190 cm³/mol. The Labute approximate surface area is 255 Å². The van der Waals surface area contributed by atoms with Gasteiger partial charge in [-0.2, -0.15) is 0 Å². The Kier molecular flexibility index (Phi) is 6.06. The number of allylic oxidation sites excluding steroid dienone is 2. The van der Waals surface area contributed by atoms with Crippen molar-refractivity contribution in [2.75, 3.05) is 0 Å². The summed E-state index contributed by atoms with van der Waals surface area (Å²) in [6, 6.07) is 44.6. The molecule has 0 radical (unpaired) electrons. The van der Waals surface area contributed by atoms with Crippen LogP contribution in [0.25, 0.3) is 80.7 Å². The number of nitrogens with zero attached hydrogens (tertiary/aromatic N) is 1. The lowest BCUT2D eigenvalue weighted by Crippen LogP contribution is -1.97. The Bertz CT molecular complexity index is 2400. The molecule has 206 valence electrons. The molecule has 0 spiro atoms. The van der Waals surface area contributed by atoms with Crippen LogP contribution < -0.4 is 0 Å². The molecule has 0 N–H and O–H groups in total. The molecule has 8 rings (SSSR count). The molecule has 0 saturated heterocycles. The van der Waals surface area contributed by atoms with E-state index in [1.54, 1.807) is 0 Å². The van der Waals surface area contributed by atoms with Gasteiger partial charge in [-0.05, 0) is 69.8 Å². The van der Waals surface area contributed by atoms with Crippen LogP contribution in [0.5, 0.6) is 0 Å². The maximum atomic E-state index is 4.57. The Hall–Kier alpha value is -4.92. The monoisotopic (exact) mass is 569 g/mol. The highest BCUT2D eigenvalue weighted by molar-refractivity contribution is 7.25. The van der Waals surface area contributed by atoms with Crippen molar-refractivity contribution in [3.05, 3.63) is 140 Å². The second kappa shape index (κ2) is 10.1. The third-order valence-corrected chi connectivity index (χ3v) is 9.97. The highest BCUT2D eigenvalue weighted by atomic mass is 32.1. The molecule has 1 nitrogen and oxygen atoms in total. The van der Waals surface area contributed by atoms with Gasteiger partial charge in [0.2, 0.25) is 0 Å². The third kappa shape index (κ3) is 4.21. The van der Waals surface area contributed by atoms with E-state index in [9.17, 15) is 0 Å². The molecule has 0 aliphatic carbocycles. The summed E-state index contributed by atoms with van der Waals surface area (Å²) < 4.78 is 5.03. The molecule has 0 bridgehead atoms. The van der Waals surface area contributed by atoms with Crippen molar-refractivity contribution in [1.82, 2.24) is 4.57 Å². The molecule has 0 amide bonds. The van der Waals surface area contributed by atoms with Gasteiger partial charge in [-0.25, -0.2) is 0 Å². The largest absolute Gasteiger partial charge is 0.313 e. The number of rotatable bonds is 6. The molecule has 0 saturated carbocycles.